The SMILES string of the molecule is CCCOCCN1C(=O)C(NC)(NC)Oc2cc(NC)c(C(=O)N(C(C)C)[C@@H]3CCCN(OC(=O)C(C)(C)C)C3)cc21. The van der Waals surface area contributed by atoms with Crippen molar-refractivity contribution >= 4 is 29.2 Å². The van der Waals surface area contributed by atoms with Crippen LogP contribution >= 0.6 is 0 Å². The molecule has 0 aromatic heterocycles. The average molecular weight is 591 g/mol. The Bertz CT molecular complexity index is 1120. The molecular formula is C30H50N6O6. The smallest absolute Gasteiger partial charge is 0.330 e. The molecule has 2 aliphatic heterocycles. The molecule has 0 aliphatic carbocycles. The van der Waals surface area contributed by atoms with Crippen LogP contribution in [0.1, 0.15) is 71.2 Å². The minimum Gasteiger partial charge on any atom is -0.448 e. The molecule has 12 nitrogen and oxygen atoms in total. The van der Waals surface area contributed by atoms with Gasteiger partial charge in [0.2, 0.25) is 0 Å². The summed E-state index contributed by atoms with van der Waals surface area (Å²) in [6.45, 7) is 13.7. The number of hydrogen-bond donors (Lipinski definition) is 3. The zero-order valence-electron chi connectivity index (χ0n) is 26.8. The Labute approximate surface area is 250 Å². The molecule has 0 spiro atoms. The quantitative estimate of drug-likeness (QED) is 0.247. The number of hydrogen-bond acceptors (Lipinski definition) is 10. The van der Waals surface area contributed by atoms with Gasteiger partial charge in [-0.3, -0.25) is 20.2 Å². The molecule has 1 saturated heterocycles. The monoisotopic (exact) mass is 590 g/mol. The molecule has 3 rings (SSSR count). The van der Waals surface area contributed by atoms with Gasteiger partial charge in [-0.25, -0.2) is 4.79 Å². The number of piperidine rings is 1. The molecule has 1 atom stereocenters. The number of rotatable bonds is 12. The standard InChI is InChI=1S/C30H50N6O6/c1-10-15-40-16-14-35-24-17-22(23(31-7)18-25(24)41-30(32-8,33-9)27(35)38)26(37)36(20(2)3)21-12-11-13-34(19-21)42-28(39)29(4,5)6/h17-18,20-21,31-33H,10-16,19H2,1-9H3/t21-/m1/s1. The number of carbonyl (C=O) groups is 3. The van der Waals surface area contributed by atoms with Crippen LogP contribution in [0.25, 0.3) is 0 Å². The summed E-state index contributed by atoms with van der Waals surface area (Å²) in [6, 6.07) is 3.19. The van der Waals surface area contributed by atoms with E-state index in [4.69, 9.17) is 14.3 Å². The number of fused-ring (bicyclic) bond motifs is 1. The minimum absolute atomic E-state index is 0.126. The molecule has 2 amide bonds. The molecule has 1 fully saturated rings. The molecule has 2 aliphatic rings. The van der Waals surface area contributed by atoms with Gasteiger partial charge in [0.15, 0.2) is 0 Å². The molecule has 0 unspecified atom stereocenters. The Kier molecular flexibility index (Phi) is 11.2. The average Bonchev–Trinajstić information content (AvgIpc) is 2.95. The number of nitrogens with zero attached hydrogens (tertiary/aromatic N) is 3. The molecule has 1 aromatic rings. The summed E-state index contributed by atoms with van der Waals surface area (Å²) in [7, 11) is 5.05. The van der Waals surface area contributed by atoms with E-state index in [-0.39, 0.29) is 36.4 Å². The molecule has 0 radical (unpaired) electrons. The molecular weight excluding hydrogens is 540 g/mol. The van der Waals surface area contributed by atoms with Crippen LogP contribution in [0.2, 0.25) is 0 Å². The third kappa shape index (κ3) is 7.16. The molecule has 42 heavy (non-hydrogen) atoms. The van der Waals surface area contributed by atoms with Gasteiger partial charge in [-0.1, -0.05) is 6.92 Å². The first kappa shape index (κ1) is 33.6. The van der Waals surface area contributed by atoms with Crippen LogP contribution in [0.4, 0.5) is 11.4 Å². The molecule has 12 heteroatoms. The molecule has 2 heterocycles. The van der Waals surface area contributed by atoms with Crippen LogP contribution in [-0.4, -0.2) is 99.7 Å². The molecule has 0 bridgehead atoms. The predicted molar refractivity (Wildman–Crippen MR) is 162 cm³/mol. The lowest BCUT2D eigenvalue weighted by atomic mass is 9.97. The van der Waals surface area contributed by atoms with E-state index in [1.807, 2.05) is 46.4 Å². The summed E-state index contributed by atoms with van der Waals surface area (Å²) >= 11 is 0. The summed E-state index contributed by atoms with van der Waals surface area (Å²) in [4.78, 5) is 49.8. The Morgan fingerprint density at radius 1 is 1.17 bits per heavy atom. The molecule has 1 aromatic carbocycles. The number of ether oxygens (including phenoxy) is 2. The van der Waals surface area contributed by atoms with Gasteiger partial charge in [0.1, 0.15) is 5.75 Å². The van der Waals surface area contributed by atoms with E-state index >= 15 is 0 Å². The van der Waals surface area contributed by atoms with E-state index in [0.717, 1.165) is 19.3 Å². The molecule has 0 saturated carbocycles. The van der Waals surface area contributed by atoms with Crippen molar-refractivity contribution in [3.05, 3.63) is 17.7 Å². The van der Waals surface area contributed by atoms with Crippen molar-refractivity contribution in [2.75, 3.05) is 64.2 Å². The van der Waals surface area contributed by atoms with Crippen molar-refractivity contribution in [1.29, 1.82) is 0 Å². The minimum atomic E-state index is -1.46. The lowest BCUT2D eigenvalue weighted by Crippen LogP contribution is -2.70. The Hall–Kier alpha value is -2.93. The Morgan fingerprint density at radius 3 is 2.43 bits per heavy atom. The predicted octanol–water partition coefficient (Wildman–Crippen LogP) is 2.79. The second-order valence-electron chi connectivity index (χ2n) is 12.1. The maximum absolute atomic E-state index is 14.3. The van der Waals surface area contributed by atoms with Crippen molar-refractivity contribution in [3.63, 3.8) is 0 Å². The van der Waals surface area contributed by atoms with Crippen LogP contribution in [0.15, 0.2) is 12.1 Å². The molecule has 236 valence electrons. The van der Waals surface area contributed by atoms with Crippen molar-refractivity contribution in [3.8, 4) is 5.75 Å². The third-order valence-electron chi connectivity index (χ3n) is 7.58. The van der Waals surface area contributed by atoms with Gasteiger partial charge in [0, 0.05) is 44.9 Å². The number of benzene rings is 1. The van der Waals surface area contributed by atoms with Crippen LogP contribution in [0.3, 0.4) is 0 Å². The number of hydroxylamine groups is 2. The van der Waals surface area contributed by atoms with Crippen molar-refractivity contribution in [2.24, 2.45) is 5.41 Å². The first-order chi connectivity index (χ1) is 19.8. The summed E-state index contributed by atoms with van der Waals surface area (Å²) < 4.78 is 11.9. The highest BCUT2D eigenvalue weighted by Crippen LogP contribution is 2.41. The van der Waals surface area contributed by atoms with E-state index in [0.29, 0.717) is 49.0 Å². The lowest BCUT2D eigenvalue weighted by molar-refractivity contribution is -0.208. The summed E-state index contributed by atoms with van der Waals surface area (Å²) in [5.41, 5.74) is 0.868. The Balaban J connectivity index is 1.99. The van der Waals surface area contributed by atoms with Gasteiger partial charge in [-0.2, -0.15) is 0 Å². The van der Waals surface area contributed by atoms with E-state index in [9.17, 15) is 14.4 Å². The summed E-state index contributed by atoms with van der Waals surface area (Å²) in [5.74, 6) is -1.83. The molecule has 3 N–H and O–H groups in total. The zero-order valence-corrected chi connectivity index (χ0v) is 26.8. The normalized spacial score (nSPS) is 18.9. The largest absolute Gasteiger partial charge is 0.448 e. The van der Waals surface area contributed by atoms with Crippen molar-refractivity contribution in [1.82, 2.24) is 20.6 Å². The van der Waals surface area contributed by atoms with E-state index < -0.39 is 11.3 Å². The Morgan fingerprint density at radius 2 is 1.86 bits per heavy atom. The fraction of sp³-hybridized carbons (Fsp3) is 0.700. The number of carbonyl (C=O) groups excluding carboxylic acids is 3. The number of nitrogens with one attached hydrogen (secondary N) is 3. The maximum atomic E-state index is 14.3. The van der Waals surface area contributed by atoms with Crippen LogP contribution < -0.4 is 25.6 Å². The van der Waals surface area contributed by atoms with Gasteiger partial charge >= 0.3 is 11.9 Å². The van der Waals surface area contributed by atoms with Gasteiger partial charge in [-0.05, 0) is 74.0 Å². The van der Waals surface area contributed by atoms with Crippen molar-refractivity contribution < 1.29 is 28.7 Å². The van der Waals surface area contributed by atoms with Gasteiger partial charge < -0.3 is 29.4 Å². The zero-order chi connectivity index (χ0) is 31.2. The van der Waals surface area contributed by atoms with Gasteiger partial charge in [-0.15, -0.1) is 5.06 Å². The topological polar surface area (TPSA) is 125 Å². The van der Waals surface area contributed by atoms with Gasteiger partial charge in [0.05, 0.1) is 35.5 Å². The van der Waals surface area contributed by atoms with Crippen LogP contribution in [0, 0.1) is 5.41 Å². The van der Waals surface area contributed by atoms with Crippen LogP contribution in [0.5, 0.6) is 5.75 Å². The fourth-order valence-electron chi connectivity index (χ4n) is 5.26. The first-order valence-corrected chi connectivity index (χ1v) is 15.0. The second-order valence-corrected chi connectivity index (χ2v) is 12.1. The first-order valence-electron chi connectivity index (χ1n) is 15.0. The number of amides is 2. The van der Waals surface area contributed by atoms with E-state index in [1.165, 1.54) is 0 Å². The highest BCUT2D eigenvalue weighted by Gasteiger charge is 2.47. The second kappa shape index (κ2) is 14.0. The van der Waals surface area contributed by atoms with Crippen molar-refractivity contribution in [2.45, 2.75) is 78.7 Å². The summed E-state index contributed by atoms with van der Waals surface area (Å²) in [6.07, 6.45) is 2.43. The number of anilines is 2. The van der Waals surface area contributed by atoms with Gasteiger partial charge in [0.25, 0.3) is 11.8 Å². The highest BCUT2D eigenvalue weighted by atomic mass is 16.7. The highest BCUT2D eigenvalue weighted by molar-refractivity contribution is 6.06. The summed E-state index contributed by atoms with van der Waals surface area (Å²) in [5, 5.41) is 10.8. The third-order valence-corrected chi connectivity index (χ3v) is 7.58. The fourth-order valence-corrected chi connectivity index (χ4v) is 5.26. The van der Waals surface area contributed by atoms with E-state index in [2.05, 4.69) is 16.0 Å². The lowest BCUT2D eigenvalue weighted by Gasteiger charge is -2.43. The van der Waals surface area contributed by atoms with E-state index in [1.54, 1.807) is 43.2 Å². The number of likely N-dealkylation sites (N-methyl/N-ethyl adjacent to an activating group) is 2. The maximum Gasteiger partial charge on any atom is 0.330 e. The van der Waals surface area contributed by atoms with Crippen LogP contribution in [-0.2, 0) is 19.2 Å².